The van der Waals surface area contributed by atoms with Gasteiger partial charge in [0.1, 0.15) is 15.5 Å². The highest BCUT2D eigenvalue weighted by atomic mass is 35.5. The molecule has 6 aromatic carbocycles. The van der Waals surface area contributed by atoms with Crippen molar-refractivity contribution in [1.29, 1.82) is 5.41 Å². The van der Waals surface area contributed by atoms with Crippen molar-refractivity contribution in [3.05, 3.63) is 102 Å². The fourth-order valence-electron chi connectivity index (χ4n) is 5.90. The number of halogens is 1. The van der Waals surface area contributed by atoms with Gasteiger partial charge in [-0.3, -0.25) is 28.6 Å². The normalized spacial score (nSPS) is 13.0. The fraction of sp³-hybridized carbons (Fsp3) is 0. The molecule has 1 aromatic heterocycles. The summed E-state index contributed by atoms with van der Waals surface area (Å²) in [6.45, 7) is 0. The number of benzene rings is 6. The molecular formula is C33H22ClN9O12S4. The first kappa shape index (κ1) is 41.0. The zero-order valence-corrected chi connectivity index (χ0v) is 32.9. The van der Waals surface area contributed by atoms with Crippen molar-refractivity contribution in [2.75, 3.05) is 5.32 Å². The van der Waals surface area contributed by atoms with E-state index < -0.39 is 76.5 Å². The number of hydrogen-bond acceptors (Lipinski definition) is 16. The number of rotatable bonds is 10. The molecule has 1 heterocycles. The molecule has 0 atom stereocenters. The number of anilines is 2. The number of H-pyrrole nitrogens is 1. The highest BCUT2D eigenvalue weighted by Gasteiger charge is 2.26. The highest BCUT2D eigenvalue weighted by Crippen LogP contribution is 2.41. The molecule has 0 saturated carbocycles. The Morgan fingerprint density at radius 1 is 0.542 bits per heavy atom. The molecule has 0 amide bonds. The van der Waals surface area contributed by atoms with Gasteiger partial charge < -0.3 is 5.32 Å². The molecule has 0 aliphatic heterocycles. The standard InChI is InChI=1S/C33H22ClN9O12S4/c34-31-37-32(35)39-33(38-31)36-24-8-9-27(22-13-16(56(44,45)46)5-6-20(22)24)41-40-25-10-11-26(19-4-2-1-3-18(19)25)42-43-30-23-14-17(57(47,48)49)15-29(59(53,54)55)21(23)7-12-28(30)58(50,51)52/h1-15H,(H,44,45,46)(H,47,48,49)(H,50,51,52)(H,53,54,55)(H3,35,36,37,38,39). The van der Waals surface area contributed by atoms with Gasteiger partial charge >= 0.3 is 0 Å². The van der Waals surface area contributed by atoms with Gasteiger partial charge in [-0.15, -0.1) is 20.5 Å². The molecule has 7 rings (SSSR count). The summed E-state index contributed by atoms with van der Waals surface area (Å²) >= 11 is 5.89. The van der Waals surface area contributed by atoms with Gasteiger partial charge in [0.2, 0.25) is 16.9 Å². The number of aromatic amines is 1. The molecule has 7 N–H and O–H groups in total. The minimum atomic E-state index is -5.18. The van der Waals surface area contributed by atoms with Crippen LogP contribution >= 0.6 is 11.6 Å². The summed E-state index contributed by atoms with van der Waals surface area (Å²) in [5.74, 6) is 0.0358. The van der Waals surface area contributed by atoms with Crippen LogP contribution in [0.4, 0.5) is 34.4 Å². The quantitative estimate of drug-likeness (QED) is 0.0539. The van der Waals surface area contributed by atoms with Crippen LogP contribution in [0.15, 0.2) is 131 Å². The van der Waals surface area contributed by atoms with E-state index in [1.54, 1.807) is 30.3 Å². The van der Waals surface area contributed by atoms with Gasteiger partial charge in [-0.05, 0) is 66.2 Å². The lowest BCUT2D eigenvalue weighted by Crippen LogP contribution is -2.14. The lowest BCUT2D eigenvalue weighted by Gasteiger charge is -2.12. The molecule has 0 radical (unpaired) electrons. The van der Waals surface area contributed by atoms with E-state index in [1.165, 1.54) is 30.3 Å². The minimum absolute atomic E-state index is 0.0358. The highest BCUT2D eigenvalue weighted by molar-refractivity contribution is 7.87. The fourth-order valence-corrected chi connectivity index (χ4v) is 8.55. The van der Waals surface area contributed by atoms with Crippen molar-refractivity contribution in [3.8, 4) is 0 Å². The monoisotopic (exact) mass is 899 g/mol. The maximum atomic E-state index is 12.4. The molecule has 59 heavy (non-hydrogen) atoms. The Labute approximate surface area is 336 Å². The van der Waals surface area contributed by atoms with E-state index in [1.807, 2.05) is 0 Å². The molecule has 0 fully saturated rings. The first-order valence-corrected chi connectivity index (χ1v) is 22.1. The van der Waals surface area contributed by atoms with Crippen LogP contribution in [-0.4, -0.2) is 66.8 Å². The van der Waals surface area contributed by atoms with Crippen LogP contribution < -0.4 is 10.9 Å². The molecule has 0 spiro atoms. The van der Waals surface area contributed by atoms with Gasteiger partial charge in [-0.1, -0.05) is 36.4 Å². The third-order valence-corrected chi connectivity index (χ3v) is 12.1. The van der Waals surface area contributed by atoms with Crippen LogP contribution in [0.1, 0.15) is 0 Å². The van der Waals surface area contributed by atoms with Crippen molar-refractivity contribution in [2.24, 2.45) is 20.5 Å². The Hall–Kier alpha value is -6.16. The van der Waals surface area contributed by atoms with Crippen LogP contribution in [0, 0.1) is 5.41 Å². The summed E-state index contributed by atoms with van der Waals surface area (Å²) in [5.41, 5.74) is -0.266. The summed E-state index contributed by atoms with van der Waals surface area (Å²) in [7, 11) is -20.1. The zero-order chi connectivity index (χ0) is 42.7. The molecule has 0 saturated heterocycles. The van der Waals surface area contributed by atoms with Crippen molar-refractivity contribution in [1.82, 2.24) is 15.0 Å². The van der Waals surface area contributed by atoms with Crippen LogP contribution in [0.25, 0.3) is 32.3 Å². The van der Waals surface area contributed by atoms with Gasteiger partial charge in [0.15, 0.2) is 0 Å². The summed E-state index contributed by atoms with van der Waals surface area (Å²) in [5, 5.41) is 27.7. The van der Waals surface area contributed by atoms with Crippen molar-refractivity contribution >= 4 is 119 Å². The molecule has 7 aromatic rings. The van der Waals surface area contributed by atoms with Gasteiger partial charge in [-0.25, -0.2) is 0 Å². The average molecular weight is 900 g/mol. The number of aromatic nitrogens is 3. The van der Waals surface area contributed by atoms with Crippen molar-refractivity contribution < 1.29 is 51.9 Å². The van der Waals surface area contributed by atoms with E-state index in [2.05, 4.69) is 40.7 Å². The van der Waals surface area contributed by atoms with E-state index in [0.717, 1.165) is 18.2 Å². The second-order valence-electron chi connectivity index (χ2n) is 12.2. The number of fused-ring (bicyclic) bond motifs is 3. The Morgan fingerprint density at radius 2 is 1.08 bits per heavy atom. The summed E-state index contributed by atoms with van der Waals surface area (Å²) in [6, 6.07) is 18.8. The van der Waals surface area contributed by atoms with Crippen molar-refractivity contribution in [2.45, 2.75) is 19.6 Å². The molecule has 26 heteroatoms. The molecule has 21 nitrogen and oxygen atoms in total. The second kappa shape index (κ2) is 14.9. The lowest BCUT2D eigenvalue weighted by atomic mass is 10.1. The van der Waals surface area contributed by atoms with E-state index in [4.69, 9.17) is 17.0 Å². The molecule has 0 unspecified atom stereocenters. The van der Waals surface area contributed by atoms with Gasteiger partial charge in [0.05, 0.1) is 26.9 Å². The van der Waals surface area contributed by atoms with Gasteiger partial charge in [0.25, 0.3) is 40.5 Å². The number of nitrogens with one attached hydrogen (secondary N) is 3. The Kier molecular flexibility index (Phi) is 10.4. The molecule has 0 aliphatic carbocycles. The largest absolute Gasteiger partial charge is 0.325 e. The SMILES string of the molecule is N=c1nc(Cl)nc(Nc2ccc(N=Nc3ccc(N=Nc4c(S(=O)(=O)O)ccc5c(S(=O)(=O)O)cc(S(=O)(=O)O)cc45)c4ccccc34)c3cc(S(=O)(=O)O)ccc23)[nH]1. The number of azo groups is 2. The van der Waals surface area contributed by atoms with Crippen LogP contribution in [-0.2, 0) is 40.5 Å². The smallest absolute Gasteiger partial charge is 0.296 e. The van der Waals surface area contributed by atoms with Crippen LogP contribution in [0.3, 0.4) is 0 Å². The minimum Gasteiger partial charge on any atom is -0.325 e. The Balaban J connectivity index is 1.35. The Bertz CT molecular complexity index is 3530. The molecule has 0 aliphatic rings. The predicted molar refractivity (Wildman–Crippen MR) is 210 cm³/mol. The third-order valence-electron chi connectivity index (χ3n) is 8.42. The second-order valence-corrected chi connectivity index (χ2v) is 18.1. The van der Waals surface area contributed by atoms with Crippen LogP contribution in [0.2, 0.25) is 5.28 Å². The Morgan fingerprint density at radius 3 is 1.66 bits per heavy atom. The maximum Gasteiger partial charge on any atom is 0.296 e. The number of hydrogen-bond donors (Lipinski definition) is 7. The topological polar surface area (TPSA) is 344 Å². The summed E-state index contributed by atoms with van der Waals surface area (Å²) in [4.78, 5) is 6.77. The molecule has 302 valence electrons. The zero-order valence-electron chi connectivity index (χ0n) is 28.9. The summed E-state index contributed by atoms with van der Waals surface area (Å²) < 4.78 is 137. The maximum absolute atomic E-state index is 12.4. The number of nitrogens with zero attached hydrogens (tertiary/aromatic N) is 6. The van der Waals surface area contributed by atoms with E-state index in [9.17, 15) is 51.9 Å². The van der Waals surface area contributed by atoms with E-state index in [-0.39, 0.29) is 39.3 Å². The molecular weight excluding hydrogens is 878 g/mol. The van der Waals surface area contributed by atoms with Crippen LogP contribution in [0.5, 0.6) is 0 Å². The van der Waals surface area contributed by atoms with Gasteiger partial charge in [-0.2, -0.15) is 43.6 Å². The first-order valence-electron chi connectivity index (χ1n) is 16.0. The third kappa shape index (κ3) is 8.53. The van der Waals surface area contributed by atoms with Crippen molar-refractivity contribution in [3.63, 3.8) is 0 Å². The van der Waals surface area contributed by atoms with E-state index >= 15 is 0 Å². The molecule has 0 bridgehead atoms. The average Bonchev–Trinajstić information content (AvgIpc) is 3.14. The predicted octanol–water partition coefficient (Wildman–Crippen LogP) is 6.96. The van der Waals surface area contributed by atoms with Gasteiger partial charge in [0, 0.05) is 38.0 Å². The lowest BCUT2D eigenvalue weighted by molar-refractivity contribution is 0.479. The summed E-state index contributed by atoms with van der Waals surface area (Å²) in [6.07, 6.45) is 0. The van der Waals surface area contributed by atoms with E-state index in [0.29, 0.717) is 34.0 Å². The first-order chi connectivity index (χ1) is 27.6.